The Labute approximate surface area is 122 Å². The zero-order valence-corrected chi connectivity index (χ0v) is 12.6. The molecule has 2 rings (SSSR count). The van der Waals surface area contributed by atoms with Crippen LogP contribution in [0.25, 0.3) is 0 Å². The van der Waals surface area contributed by atoms with Crippen LogP contribution in [-0.2, 0) is 4.74 Å². The Morgan fingerprint density at radius 3 is 2.65 bits per heavy atom. The molecule has 0 saturated carbocycles. The van der Waals surface area contributed by atoms with Gasteiger partial charge in [0.15, 0.2) is 0 Å². The Morgan fingerprint density at radius 2 is 1.95 bits per heavy atom. The Bertz CT molecular complexity index is 402. The molecule has 1 saturated heterocycles. The lowest BCUT2D eigenvalue weighted by Crippen LogP contribution is -2.37. The molecule has 1 atom stereocenters. The van der Waals surface area contributed by atoms with Crippen molar-refractivity contribution in [2.45, 2.75) is 26.3 Å². The zero-order chi connectivity index (χ0) is 14.4. The van der Waals surface area contributed by atoms with Crippen LogP contribution in [0.1, 0.15) is 20.3 Å². The Kier molecular flexibility index (Phi) is 5.68. The van der Waals surface area contributed by atoms with Crippen molar-refractivity contribution >= 4 is 11.4 Å². The first-order valence-electron chi connectivity index (χ1n) is 7.58. The summed E-state index contributed by atoms with van der Waals surface area (Å²) in [5, 5.41) is 3.51. The normalized spacial score (nSPS) is 17.3. The summed E-state index contributed by atoms with van der Waals surface area (Å²) in [7, 11) is 0. The number of morpholine rings is 1. The van der Waals surface area contributed by atoms with E-state index in [1.54, 1.807) is 0 Å². The summed E-state index contributed by atoms with van der Waals surface area (Å²) < 4.78 is 5.42. The zero-order valence-electron chi connectivity index (χ0n) is 12.6. The predicted molar refractivity (Wildman–Crippen MR) is 85.4 cm³/mol. The molecule has 0 amide bonds. The van der Waals surface area contributed by atoms with Crippen molar-refractivity contribution in [1.29, 1.82) is 0 Å². The molecule has 20 heavy (non-hydrogen) atoms. The molecule has 3 N–H and O–H groups in total. The number of ether oxygens (including phenoxy) is 1. The van der Waals surface area contributed by atoms with E-state index < -0.39 is 0 Å². The van der Waals surface area contributed by atoms with Crippen LogP contribution < -0.4 is 16.0 Å². The second kappa shape index (κ2) is 7.50. The molecule has 1 aliphatic heterocycles. The van der Waals surface area contributed by atoms with Gasteiger partial charge in [-0.3, -0.25) is 0 Å². The average Bonchev–Trinajstić information content (AvgIpc) is 2.46. The number of nitrogens with two attached hydrogens (primary N) is 1. The Balaban J connectivity index is 1.96. The van der Waals surface area contributed by atoms with Gasteiger partial charge in [-0.1, -0.05) is 26.0 Å². The minimum Gasteiger partial charge on any atom is -0.382 e. The van der Waals surface area contributed by atoms with E-state index >= 15 is 0 Å². The highest BCUT2D eigenvalue weighted by Crippen LogP contribution is 2.26. The van der Waals surface area contributed by atoms with E-state index in [0.717, 1.165) is 39.3 Å². The number of nitrogens with zero attached hydrogens (tertiary/aromatic N) is 1. The van der Waals surface area contributed by atoms with Crippen LogP contribution in [0, 0.1) is 5.92 Å². The van der Waals surface area contributed by atoms with Gasteiger partial charge in [0.25, 0.3) is 0 Å². The lowest BCUT2D eigenvalue weighted by molar-refractivity contribution is 0.123. The van der Waals surface area contributed by atoms with Gasteiger partial charge in [0.05, 0.1) is 24.6 Å². The number of anilines is 2. The molecule has 0 aromatic heterocycles. The second-order valence-electron chi connectivity index (χ2n) is 5.89. The summed E-state index contributed by atoms with van der Waals surface area (Å²) in [6.07, 6.45) is 1.05. The molecule has 4 heteroatoms. The molecular formula is C16H27N3O. The summed E-state index contributed by atoms with van der Waals surface area (Å²) in [5.41, 5.74) is 8.59. The van der Waals surface area contributed by atoms with E-state index in [1.165, 1.54) is 11.4 Å². The van der Waals surface area contributed by atoms with Gasteiger partial charge in [0, 0.05) is 25.7 Å². The summed E-state index contributed by atoms with van der Waals surface area (Å²) in [6.45, 7) is 8.76. The summed E-state index contributed by atoms with van der Waals surface area (Å²) >= 11 is 0. The van der Waals surface area contributed by atoms with Crippen molar-refractivity contribution < 1.29 is 4.74 Å². The molecular weight excluding hydrogens is 250 g/mol. The summed E-state index contributed by atoms with van der Waals surface area (Å²) in [5.74, 6) is 0.640. The van der Waals surface area contributed by atoms with Crippen molar-refractivity contribution in [2.75, 3.05) is 43.1 Å². The van der Waals surface area contributed by atoms with Crippen molar-refractivity contribution in [3.05, 3.63) is 24.3 Å². The third-order valence-corrected chi connectivity index (χ3v) is 3.58. The fourth-order valence-corrected chi connectivity index (χ4v) is 2.63. The molecule has 1 heterocycles. The van der Waals surface area contributed by atoms with Gasteiger partial charge in [0.1, 0.15) is 0 Å². The molecule has 1 unspecified atom stereocenters. The van der Waals surface area contributed by atoms with E-state index in [9.17, 15) is 0 Å². The van der Waals surface area contributed by atoms with Gasteiger partial charge in [-0.25, -0.2) is 0 Å². The SMILES string of the molecule is CC(C)CC(N)CNc1ccccc1N1CCOCC1. The molecule has 0 spiro atoms. The lowest BCUT2D eigenvalue weighted by atomic mass is 10.0. The quantitative estimate of drug-likeness (QED) is 0.838. The van der Waals surface area contributed by atoms with Crippen LogP contribution in [0.3, 0.4) is 0 Å². The van der Waals surface area contributed by atoms with E-state index in [2.05, 4.69) is 48.3 Å². The van der Waals surface area contributed by atoms with Crippen LogP contribution in [0.5, 0.6) is 0 Å². The Hall–Kier alpha value is -1.26. The first kappa shape index (κ1) is 15.1. The minimum absolute atomic E-state index is 0.202. The number of benzene rings is 1. The van der Waals surface area contributed by atoms with Gasteiger partial charge in [-0.05, 0) is 24.5 Å². The van der Waals surface area contributed by atoms with Crippen LogP contribution >= 0.6 is 0 Å². The number of hydrogen-bond acceptors (Lipinski definition) is 4. The van der Waals surface area contributed by atoms with Crippen LogP contribution in [-0.4, -0.2) is 38.9 Å². The third-order valence-electron chi connectivity index (χ3n) is 3.58. The average molecular weight is 277 g/mol. The molecule has 1 aromatic rings. The fraction of sp³-hybridized carbons (Fsp3) is 0.625. The fourth-order valence-electron chi connectivity index (χ4n) is 2.63. The lowest BCUT2D eigenvalue weighted by Gasteiger charge is -2.31. The van der Waals surface area contributed by atoms with Crippen molar-refractivity contribution in [2.24, 2.45) is 11.7 Å². The van der Waals surface area contributed by atoms with Crippen LogP contribution in [0.2, 0.25) is 0 Å². The Morgan fingerprint density at radius 1 is 1.25 bits per heavy atom. The highest BCUT2D eigenvalue weighted by atomic mass is 16.5. The summed E-state index contributed by atoms with van der Waals surface area (Å²) in [6, 6.07) is 8.66. The largest absolute Gasteiger partial charge is 0.382 e. The number of nitrogens with one attached hydrogen (secondary N) is 1. The van der Waals surface area contributed by atoms with E-state index in [1.807, 2.05) is 0 Å². The van der Waals surface area contributed by atoms with Gasteiger partial charge < -0.3 is 20.7 Å². The van der Waals surface area contributed by atoms with Gasteiger partial charge in [0.2, 0.25) is 0 Å². The number of hydrogen-bond donors (Lipinski definition) is 2. The molecule has 0 radical (unpaired) electrons. The van der Waals surface area contributed by atoms with Crippen LogP contribution in [0.4, 0.5) is 11.4 Å². The monoisotopic (exact) mass is 277 g/mol. The molecule has 4 nitrogen and oxygen atoms in total. The predicted octanol–water partition coefficient (Wildman–Crippen LogP) is 2.31. The van der Waals surface area contributed by atoms with Crippen molar-refractivity contribution in [3.63, 3.8) is 0 Å². The molecule has 0 bridgehead atoms. The molecule has 1 aliphatic rings. The smallest absolute Gasteiger partial charge is 0.0642 e. The van der Waals surface area contributed by atoms with E-state index in [-0.39, 0.29) is 6.04 Å². The van der Waals surface area contributed by atoms with Gasteiger partial charge in [-0.15, -0.1) is 0 Å². The van der Waals surface area contributed by atoms with Crippen LogP contribution in [0.15, 0.2) is 24.3 Å². The number of para-hydroxylation sites is 2. The summed E-state index contributed by atoms with van der Waals surface area (Å²) in [4.78, 5) is 2.37. The van der Waals surface area contributed by atoms with E-state index in [4.69, 9.17) is 10.5 Å². The van der Waals surface area contributed by atoms with Crippen molar-refractivity contribution in [3.8, 4) is 0 Å². The minimum atomic E-state index is 0.202. The molecule has 1 fully saturated rings. The molecule has 1 aromatic carbocycles. The highest BCUT2D eigenvalue weighted by Gasteiger charge is 2.14. The highest BCUT2D eigenvalue weighted by molar-refractivity contribution is 5.70. The van der Waals surface area contributed by atoms with Gasteiger partial charge in [-0.2, -0.15) is 0 Å². The second-order valence-corrected chi connectivity index (χ2v) is 5.89. The maximum atomic E-state index is 6.15. The standard InChI is InChI=1S/C16H27N3O/c1-13(2)11-14(17)12-18-15-5-3-4-6-16(15)19-7-9-20-10-8-19/h3-6,13-14,18H,7-12,17H2,1-2H3. The third kappa shape index (κ3) is 4.39. The maximum Gasteiger partial charge on any atom is 0.0642 e. The van der Waals surface area contributed by atoms with Gasteiger partial charge >= 0.3 is 0 Å². The first-order valence-corrected chi connectivity index (χ1v) is 7.58. The van der Waals surface area contributed by atoms with Crippen molar-refractivity contribution in [1.82, 2.24) is 0 Å². The topological polar surface area (TPSA) is 50.5 Å². The first-order chi connectivity index (χ1) is 9.66. The maximum absolute atomic E-state index is 6.15. The van der Waals surface area contributed by atoms with E-state index in [0.29, 0.717) is 5.92 Å². The number of rotatable bonds is 6. The molecule has 112 valence electrons. The molecule has 0 aliphatic carbocycles.